The van der Waals surface area contributed by atoms with Crippen LogP contribution in [0.4, 0.5) is 9.59 Å². The Labute approximate surface area is 335 Å². The van der Waals surface area contributed by atoms with Gasteiger partial charge in [0.1, 0.15) is 0 Å². The highest BCUT2D eigenvalue weighted by Gasteiger charge is 2.44. The largest absolute Gasteiger partial charge is 0.351 e. The molecule has 3 aromatic rings. The van der Waals surface area contributed by atoms with E-state index in [2.05, 4.69) is 82.6 Å². The van der Waals surface area contributed by atoms with Gasteiger partial charge >= 0.3 is 12.1 Å². The number of rotatable bonds is 14. The number of benzene rings is 3. The zero-order valence-electron chi connectivity index (χ0n) is 33.4. The van der Waals surface area contributed by atoms with Gasteiger partial charge in [0.25, 0.3) is 0 Å². The van der Waals surface area contributed by atoms with Crippen LogP contribution in [0.5, 0.6) is 0 Å². The second kappa shape index (κ2) is 16.5. The van der Waals surface area contributed by atoms with Crippen LogP contribution in [0.2, 0.25) is 0 Å². The summed E-state index contributed by atoms with van der Waals surface area (Å²) >= 11 is 0. The number of amides is 4. The Kier molecular flexibility index (Phi) is 11.1. The molecule has 0 aromatic heterocycles. The van der Waals surface area contributed by atoms with Crippen molar-refractivity contribution < 1.29 is 9.59 Å². The Morgan fingerprint density at radius 3 is 1.11 bits per heavy atom. The first-order chi connectivity index (χ1) is 27.4. The highest BCUT2D eigenvalue weighted by molar-refractivity contribution is 5.73. The van der Waals surface area contributed by atoms with Crippen molar-refractivity contribution in [2.45, 2.75) is 139 Å². The number of nitrogens with zero attached hydrogens (tertiary/aromatic N) is 4. The summed E-state index contributed by atoms with van der Waals surface area (Å²) in [6, 6.07) is 29.3. The molecule has 6 aliphatic rings. The fourth-order valence-electron chi connectivity index (χ4n) is 12.4. The van der Waals surface area contributed by atoms with E-state index in [-0.39, 0.29) is 24.1 Å². The standard InChI is InChI=1S/C48H64N6O2/c49-47(55)51(37-17-13-35(14-18-37)27-31-53-43-21-22-44(53)40-6-2-1-5-39(40)43)29-25-33-9-11-34(12-10-33)26-30-52(48(50)56)38-19-15-36(16-20-38)28-32-54-45-23-24-46(54)42-8-4-3-7-41(42)45/h1-12,35-38,43-46H,13-32H2,(H2,49,55)(H2,50,56)/t35?,36?,37?,38?,43-,44+,45-,46+. The summed E-state index contributed by atoms with van der Waals surface area (Å²) in [4.78, 5) is 34.7. The van der Waals surface area contributed by atoms with E-state index >= 15 is 0 Å². The van der Waals surface area contributed by atoms with Crippen molar-refractivity contribution in [3.05, 3.63) is 106 Å². The summed E-state index contributed by atoms with van der Waals surface area (Å²) in [7, 11) is 0. The maximum atomic E-state index is 12.6. The highest BCUT2D eigenvalue weighted by atomic mass is 16.2. The van der Waals surface area contributed by atoms with Gasteiger partial charge < -0.3 is 21.3 Å². The van der Waals surface area contributed by atoms with E-state index in [1.165, 1.54) is 88.4 Å². The van der Waals surface area contributed by atoms with E-state index in [9.17, 15) is 9.59 Å². The van der Waals surface area contributed by atoms with Gasteiger partial charge in [-0.25, -0.2) is 9.59 Å². The van der Waals surface area contributed by atoms with Crippen molar-refractivity contribution >= 4 is 12.1 Å². The smallest absolute Gasteiger partial charge is 0.315 e. The lowest BCUT2D eigenvalue weighted by Crippen LogP contribution is -2.46. The fraction of sp³-hybridized carbons (Fsp3) is 0.583. The highest BCUT2D eigenvalue weighted by Crippen LogP contribution is 2.54. The average molecular weight is 757 g/mol. The number of primary amides is 2. The van der Waals surface area contributed by atoms with E-state index in [0.29, 0.717) is 37.3 Å². The molecule has 4 N–H and O–H groups in total. The Hall–Kier alpha value is -3.88. The first-order valence-electron chi connectivity index (χ1n) is 22.3. The molecule has 3 aromatic carbocycles. The molecule has 4 atom stereocenters. The molecular weight excluding hydrogens is 693 g/mol. The number of hydrogen-bond acceptors (Lipinski definition) is 4. The number of fused-ring (bicyclic) bond motifs is 10. The molecule has 8 nitrogen and oxygen atoms in total. The van der Waals surface area contributed by atoms with Gasteiger partial charge in [0, 0.05) is 49.3 Å². The average Bonchev–Trinajstić information content (AvgIpc) is 3.99. The van der Waals surface area contributed by atoms with E-state index < -0.39 is 0 Å². The monoisotopic (exact) mass is 757 g/mol. The molecule has 4 aliphatic heterocycles. The minimum Gasteiger partial charge on any atom is -0.351 e. The Morgan fingerprint density at radius 2 is 0.804 bits per heavy atom. The lowest BCUT2D eigenvalue weighted by Gasteiger charge is -2.37. The number of urea groups is 2. The topological polar surface area (TPSA) is 99.1 Å². The first kappa shape index (κ1) is 37.7. The number of carbonyl (C=O) groups is 2. The summed E-state index contributed by atoms with van der Waals surface area (Å²) in [5, 5.41) is 0. The van der Waals surface area contributed by atoms with Gasteiger partial charge in [-0.2, -0.15) is 0 Å². The van der Waals surface area contributed by atoms with Gasteiger partial charge in [-0.15, -0.1) is 0 Å². The van der Waals surface area contributed by atoms with Crippen molar-refractivity contribution in [1.29, 1.82) is 0 Å². The zero-order chi connectivity index (χ0) is 38.2. The van der Waals surface area contributed by atoms with Gasteiger partial charge in [-0.05, 0) is 161 Å². The molecule has 0 unspecified atom stereocenters. The third kappa shape index (κ3) is 7.60. The molecule has 0 spiro atoms. The molecule has 0 radical (unpaired) electrons. The van der Waals surface area contributed by atoms with Gasteiger partial charge in [-0.3, -0.25) is 9.80 Å². The molecule has 4 fully saturated rings. The van der Waals surface area contributed by atoms with Gasteiger partial charge in [0.2, 0.25) is 0 Å². The van der Waals surface area contributed by atoms with Crippen LogP contribution in [-0.4, -0.2) is 69.9 Å². The Morgan fingerprint density at radius 1 is 0.482 bits per heavy atom. The van der Waals surface area contributed by atoms with Crippen LogP contribution in [-0.2, 0) is 12.8 Å². The van der Waals surface area contributed by atoms with Crippen LogP contribution in [0, 0.1) is 11.8 Å². The van der Waals surface area contributed by atoms with Crippen LogP contribution in [0.1, 0.15) is 147 Å². The van der Waals surface area contributed by atoms with Gasteiger partial charge in [-0.1, -0.05) is 72.8 Å². The summed E-state index contributed by atoms with van der Waals surface area (Å²) in [5.41, 5.74) is 20.7. The third-order valence-corrected chi connectivity index (χ3v) is 15.4. The van der Waals surface area contributed by atoms with Crippen LogP contribution in [0.3, 0.4) is 0 Å². The molecule has 2 aliphatic carbocycles. The van der Waals surface area contributed by atoms with Crippen molar-refractivity contribution in [2.75, 3.05) is 26.2 Å². The van der Waals surface area contributed by atoms with Gasteiger partial charge in [0.15, 0.2) is 0 Å². The molecule has 4 amide bonds. The molecular formula is C48H64N6O2. The predicted octanol–water partition coefficient (Wildman–Crippen LogP) is 9.21. The molecule has 2 saturated carbocycles. The molecule has 298 valence electrons. The molecule has 9 rings (SSSR count). The summed E-state index contributed by atoms with van der Waals surface area (Å²) in [5.74, 6) is 1.47. The van der Waals surface area contributed by atoms with E-state index in [4.69, 9.17) is 11.5 Å². The minimum atomic E-state index is -0.290. The molecule has 8 heteroatoms. The number of hydrogen-bond donors (Lipinski definition) is 2. The molecule has 2 saturated heterocycles. The second-order valence-electron chi connectivity index (χ2n) is 18.3. The van der Waals surface area contributed by atoms with Crippen molar-refractivity contribution in [2.24, 2.45) is 23.3 Å². The number of carbonyl (C=O) groups excluding carboxylic acids is 2. The molecule has 56 heavy (non-hydrogen) atoms. The minimum absolute atomic E-state index is 0.239. The molecule has 4 bridgehead atoms. The number of nitrogens with two attached hydrogens (primary N) is 2. The van der Waals surface area contributed by atoms with Gasteiger partial charge in [0.05, 0.1) is 0 Å². The van der Waals surface area contributed by atoms with Crippen molar-refractivity contribution in [3.8, 4) is 0 Å². The fourth-order valence-corrected chi connectivity index (χ4v) is 12.4. The maximum absolute atomic E-state index is 12.6. The zero-order valence-corrected chi connectivity index (χ0v) is 33.4. The maximum Gasteiger partial charge on any atom is 0.315 e. The van der Waals surface area contributed by atoms with Crippen LogP contribution in [0.15, 0.2) is 72.8 Å². The van der Waals surface area contributed by atoms with E-state index in [0.717, 1.165) is 50.4 Å². The van der Waals surface area contributed by atoms with Crippen molar-refractivity contribution in [3.63, 3.8) is 0 Å². The normalized spacial score (nSPS) is 29.3. The van der Waals surface area contributed by atoms with Crippen LogP contribution in [0.25, 0.3) is 0 Å². The van der Waals surface area contributed by atoms with Crippen LogP contribution < -0.4 is 11.5 Å². The first-order valence-corrected chi connectivity index (χ1v) is 22.3. The lowest BCUT2D eigenvalue weighted by atomic mass is 9.83. The quantitative estimate of drug-likeness (QED) is 0.171. The second-order valence-corrected chi connectivity index (χ2v) is 18.3. The van der Waals surface area contributed by atoms with Crippen LogP contribution >= 0.6 is 0 Å². The summed E-state index contributed by atoms with van der Waals surface area (Å²) in [6.45, 7) is 3.69. The van der Waals surface area contributed by atoms with E-state index in [1.807, 2.05) is 9.80 Å². The third-order valence-electron chi connectivity index (χ3n) is 15.4. The Balaban J connectivity index is 0.690. The van der Waals surface area contributed by atoms with Crippen molar-refractivity contribution in [1.82, 2.24) is 19.6 Å². The Bertz CT molecular complexity index is 1640. The van der Waals surface area contributed by atoms with E-state index in [1.54, 1.807) is 22.3 Å². The predicted molar refractivity (Wildman–Crippen MR) is 223 cm³/mol. The summed E-state index contributed by atoms with van der Waals surface area (Å²) in [6.07, 6.45) is 18.2. The SMILES string of the molecule is NC(=O)N(CCc1ccc(CCN(C(N)=O)C2CCC(CCN3[C@@H]4CC[C@H]3c3ccccc34)CC2)cc1)C1CCC(CCN2[C@@H]3CC[C@H]2c2ccccc23)CC1. The molecule has 4 heterocycles. The summed E-state index contributed by atoms with van der Waals surface area (Å²) < 4.78 is 0. The lowest BCUT2D eigenvalue weighted by molar-refractivity contribution is 0.138.